The molecule has 2 aromatic carbocycles. The Labute approximate surface area is 209 Å². The number of nitrogens with one attached hydrogen (secondary N) is 2. The number of imide groups is 1. The number of aryl methyl sites for hydroxylation is 1. The van der Waals surface area contributed by atoms with Crippen molar-refractivity contribution in [2.45, 2.75) is 79.2 Å². The lowest BCUT2D eigenvalue weighted by Crippen LogP contribution is -2.39. The highest BCUT2D eigenvalue weighted by Gasteiger charge is 2.22. The van der Waals surface area contributed by atoms with Gasteiger partial charge in [0.1, 0.15) is 0 Å². The molecule has 5 nitrogen and oxygen atoms in total. The van der Waals surface area contributed by atoms with Crippen LogP contribution in [0.25, 0.3) is 5.57 Å². The maximum Gasteiger partial charge on any atom is 0.229 e. The summed E-state index contributed by atoms with van der Waals surface area (Å²) in [6.07, 6.45) is 6.12. The second kappa shape index (κ2) is 12.5. The van der Waals surface area contributed by atoms with Crippen LogP contribution in [-0.2, 0) is 22.6 Å². The number of amides is 2. The number of hydrogen-bond acceptors (Lipinski definition) is 4. The van der Waals surface area contributed by atoms with Crippen LogP contribution in [0.15, 0.2) is 48.0 Å². The van der Waals surface area contributed by atoms with Gasteiger partial charge in [-0.05, 0) is 79.5 Å². The van der Waals surface area contributed by atoms with E-state index < -0.39 is 0 Å². The largest absolute Gasteiger partial charge is 0.381 e. The molecule has 0 bridgehead atoms. The Morgan fingerprint density at radius 3 is 2.23 bits per heavy atom. The van der Waals surface area contributed by atoms with E-state index >= 15 is 0 Å². The van der Waals surface area contributed by atoms with E-state index in [9.17, 15) is 14.4 Å². The zero-order chi connectivity index (χ0) is 25.4. The lowest BCUT2D eigenvalue weighted by atomic mass is 9.94. The van der Waals surface area contributed by atoms with Gasteiger partial charge >= 0.3 is 0 Å². The highest BCUT2D eigenvalue weighted by atomic mass is 16.2. The standard InChI is InChI=1S/C24H29NO.C6H9NO2/c1-4-6-24(26)22-14-13-21(15-23(22)17(3)20-11-12-20)25-16-19-9-7-18(5-2)8-10-19;1-4-2-3-5(8)7-6(4)9/h7-10,13-15,25H,4-6,11-12,16H2,1-3H3;4H,2-3H2,1H3,(H,7,8,9). The molecule has 1 atom stereocenters. The number of hydrogen-bond donors (Lipinski definition) is 2. The third-order valence-corrected chi connectivity index (χ3v) is 6.67. The van der Waals surface area contributed by atoms with Gasteiger partial charge in [-0.2, -0.15) is 0 Å². The number of benzene rings is 2. The van der Waals surface area contributed by atoms with Crippen molar-refractivity contribution in [3.05, 3.63) is 70.3 Å². The molecule has 35 heavy (non-hydrogen) atoms. The molecule has 1 saturated heterocycles. The molecule has 1 aliphatic heterocycles. The molecule has 1 heterocycles. The first kappa shape index (κ1) is 26.4. The number of allylic oxidation sites excluding steroid dienone is 2. The molecule has 0 aromatic heterocycles. The van der Waals surface area contributed by atoms with E-state index in [2.05, 4.69) is 61.7 Å². The molecule has 1 aliphatic carbocycles. The molecule has 2 aromatic rings. The van der Waals surface area contributed by atoms with Gasteiger partial charge in [0.25, 0.3) is 0 Å². The van der Waals surface area contributed by atoms with E-state index in [1.807, 2.05) is 19.1 Å². The van der Waals surface area contributed by atoms with Crippen LogP contribution in [0.3, 0.4) is 0 Å². The average Bonchev–Trinajstić information content (AvgIpc) is 3.71. The van der Waals surface area contributed by atoms with Crippen LogP contribution >= 0.6 is 0 Å². The fourth-order valence-electron chi connectivity index (χ4n) is 4.10. The molecule has 4 rings (SSSR count). The first-order valence-electron chi connectivity index (χ1n) is 12.8. The topological polar surface area (TPSA) is 75.3 Å². The van der Waals surface area contributed by atoms with Crippen LogP contribution in [0.2, 0.25) is 0 Å². The summed E-state index contributed by atoms with van der Waals surface area (Å²) in [4.78, 5) is 33.7. The molecular weight excluding hydrogens is 436 g/mol. The summed E-state index contributed by atoms with van der Waals surface area (Å²) in [5, 5.41) is 5.77. The van der Waals surface area contributed by atoms with Crippen molar-refractivity contribution in [3.8, 4) is 0 Å². The number of anilines is 1. The van der Waals surface area contributed by atoms with Gasteiger partial charge in [0.15, 0.2) is 5.78 Å². The summed E-state index contributed by atoms with van der Waals surface area (Å²) in [5.74, 6) is -0.00291. The quantitative estimate of drug-likeness (QED) is 0.340. The molecule has 186 valence electrons. The molecule has 2 aliphatic rings. The Balaban J connectivity index is 0.000000320. The monoisotopic (exact) mass is 474 g/mol. The van der Waals surface area contributed by atoms with Crippen LogP contribution in [0.4, 0.5) is 5.69 Å². The lowest BCUT2D eigenvalue weighted by Gasteiger charge is -2.15. The van der Waals surface area contributed by atoms with Gasteiger partial charge in [-0.25, -0.2) is 0 Å². The van der Waals surface area contributed by atoms with Gasteiger partial charge in [-0.3, -0.25) is 19.7 Å². The SMILES string of the molecule is CC1CCC(=O)NC1=O.CCCC(=O)c1ccc(NCc2ccc(CC)cc2)cc1C(C)=C1CC1. The molecule has 0 radical (unpaired) electrons. The van der Waals surface area contributed by atoms with Crippen molar-refractivity contribution < 1.29 is 14.4 Å². The predicted molar refractivity (Wildman–Crippen MR) is 142 cm³/mol. The van der Waals surface area contributed by atoms with Crippen LogP contribution < -0.4 is 10.6 Å². The first-order chi connectivity index (χ1) is 16.8. The first-order valence-corrected chi connectivity index (χ1v) is 12.8. The van der Waals surface area contributed by atoms with Gasteiger partial charge in [0, 0.05) is 36.6 Å². The number of carbonyl (C=O) groups is 3. The molecule has 2 fully saturated rings. The Morgan fingerprint density at radius 2 is 1.66 bits per heavy atom. The molecule has 2 N–H and O–H groups in total. The van der Waals surface area contributed by atoms with Crippen molar-refractivity contribution in [2.24, 2.45) is 5.92 Å². The van der Waals surface area contributed by atoms with E-state index in [4.69, 9.17) is 0 Å². The van der Waals surface area contributed by atoms with Crippen LogP contribution in [-0.4, -0.2) is 17.6 Å². The number of carbonyl (C=O) groups excluding carboxylic acids is 3. The Kier molecular flexibility index (Phi) is 9.41. The fourth-order valence-corrected chi connectivity index (χ4v) is 4.10. The normalized spacial score (nSPS) is 16.7. The highest BCUT2D eigenvalue weighted by Crippen LogP contribution is 2.38. The second-order valence-corrected chi connectivity index (χ2v) is 9.54. The van der Waals surface area contributed by atoms with Gasteiger partial charge in [0.05, 0.1) is 0 Å². The zero-order valence-corrected chi connectivity index (χ0v) is 21.5. The molecule has 1 unspecified atom stereocenters. The summed E-state index contributed by atoms with van der Waals surface area (Å²) in [7, 11) is 0. The van der Waals surface area contributed by atoms with Crippen molar-refractivity contribution in [3.63, 3.8) is 0 Å². The molecule has 5 heteroatoms. The van der Waals surface area contributed by atoms with E-state index in [0.717, 1.165) is 36.2 Å². The average molecular weight is 475 g/mol. The predicted octanol–water partition coefficient (Wildman–Crippen LogP) is 6.47. The highest BCUT2D eigenvalue weighted by molar-refractivity contribution is 6.01. The van der Waals surface area contributed by atoms with Crippen molar-refractivity contribution in [2.75, 3.05) is 5.32 Å². The number of piperidine rings is 1. The summed E-state index contributed by atoms with van der Waals surface area (Å²) >= 11 is 0. The minimum absolute atomic E-state index is 0.0164. The third-order valence-electron chi connectivity index (χ3n) is 6.67. The second-order valence-electron chi connectivity index (χ2n) is 9.54. The maximum absolute atomic E-state index is 12.5. The van der Waals surface area contributed by atoms with E-state index in [0.29, 0.717) is 19.3 Å². The Hall–Kier alpha value is -3.21. The van der Waals surface area contributed by atoms with Gasteiger partial charge in [-0.1, -0.05) is 50.6 Å². The Bertz CT molecular complexity index is 1090. The third kappa shape index (κ3) is 7.64. The summed E-state index contributed by atoms with van der Waals surface area (Å²) in [6, 6.07) is 14.9. The minimum atomic E-state index is -0.141. The minimum Gasteiger partial charge on any atom is -0.381 e. The summed E-state index contributed by atoms with van der Waals surface area (Å²) < 4.78 is 0. The van der Waals surface area contributed by atoms with Gasteiger partial charge in [-0.15, -0.1) is 0 Å². The van der Waals surface area contributed by atoms with Crippen LogP contribution in [0, 0.1) is 5.92 Å². The zero-order valence-electron chi connectivity index (χ0n) is 21.5. The summed E-state index contributed by atoms with van der Waals surface area (Å²) in [6.45, 7) is 9.01. The van der Waals surface area contributed by atoms with Crippen LogP contribution in [0.1, 0.15) is 93.3 Å². The molecular formula is C30H38N2O3. The lowest BCUT2D eigenvalue weighted by molar-refractivity contribution is -0.135. The fraction of sp³-hybridized carbons (Fsp3) is 0.433. The van der Waals surface area contributed by atoms with Crippen molar-refractivity contribution in [1.29, 1.82) is 0 Å². The smallest absolute Gasteiger partial charge is 0.229 e. The molecule has 2 amide bonds. The maximum atomic E-state index is 12.5. The molecule has 1 saturated carbocycles. The summed E-state index contributed by atoms with van der Waals surface area (Å²) in [5.41, 5.74) is 8.48. The van der Waals surface area contributed by atoms with Gasteiger partial charge < -0.3 is 5.32 Å². The van der Waals surface area contributed by atoms with Crippen LogP contribution in [0.5, 0.6) is 0 Å². The van der Waals surface area contributed by atoms with E-state index in [1.165, 1.54) is 35.1 Å². The Morgan fingerprint density at radius 1 is 0.971 bits per heavy atom. The van der Waals surface area contributed by atoms with E-state index in [1.54, 1.807) is 0 Å². The van der Waals surface area contributed by atoms with E-state index in [-0.39, 0.29) is 23.5 Å². The van der Waals surface area contributed by atoms with Gasteiger partial charge in [0.2, 0.25) is 11.8 Å². The number of Topliss-reactive ketones (excluding diaryl/α,β-unsaturated/α-hetero) is 1. The van der Waals surface area contributed by atoms with Crippen molar-refractivity contribution >= 4 is 28.9 Å². The van der Waals surface area contributed by atoms with Crippen molar-refractivity contribution in [1.82, 2.24) is 5.32 Å². The number of ketones is 1. The number of rotatable bonds is 8. The molecule has 0 spiro atoms.